The Balaban J connectivity index is 0.00000144. The summed E-state index contributed by atoms with van der Waals surface area (Å²) >= 11 is 0. The van der Waals surface area contributed by atoms with Crippen LogP contribution in [-0.2, 0) is 14.3 Å². The minimum atomic E-state index is -0.310. The Morgan fingerprint density at radius 2 is 2.18 bits per heavy atom. The highest BCUT2D eigenvalue weighted by Crippen LogP contribution is 2.19. The number of ether oxygens (including phenoxy) is 2. The van der Waals surface area contributed by atoms with Gasteiger partial charge in [-0.2, -0.15) is 0 Å². The van der Waals surface area contributed by atoms with E-state index in [2.05, 4.69) is 5.32 Å². The first kappa shape index (κ1) is 14.7. The van der Waals surface area contributed by atoms with Crippen LogP contribution in [0.5, 0.6) is 0 Å². The Bertz CT molecular complexity index is 247. The Labute approximate surface area is 108 Å². The average Bonchev–Trinajstić information content (AvgIpc) is 2.79. The minimum absolute atomic E-state index is 0. The SMILES string of the molecule is Cl.NC[C@H]1CC[C@@H](C(=O)NC2CCCOC2)O1. The second kappa shape index (κ2) is 7.16. The molecule has 1 unspecified atom stereocenters. The smallest absolute Gasteiger partial charge is 0.249 e. The summed E-state index contributed by atoms with van der Waals surface area (Å²) in [5.74, 6) is -0.00792. The van der Waals surface area contributed by atoms with Crippen LogP contribution in [0.1, 0.15) is 25.7 Å². The van der Waals surface area contributed by atoms with Gasteiger partial charge in [0.05, 0.1) is 18.8 Å². The Hall–Kier alpha value is -0.360. The molecule has 0 saturated carbocycles. The summed E-state index contributed by atoms with van der Waals surface area (Å²) in [7, 11) is 0. The molecule has 2 saturated heterocycles. The second-order valence-corrected chi connectivity index (χ2v) is 4.48. The van der Waals surface area contributed by atoms with Crippen LogP contribution in [0.25, 0.3) is 0 Å². The van der Waals surface area contributed by atoms with E-state index in [0.29, 0.717) is 13.2 Å². The highest BCUT2D eigenvalue weighted by Gasteiger charge is 2.31. The van der Waals surface area contributed by atoms with Crippen LogP contribution in [0.4, 0.5) is 0 Å². The van der Waals surface area contributed by atoms with Crippen molar-refractivity contribution in [1.29, 1.82) is 0 Å². The van der Waals surface area contributed by atoms with Crippen molar-refractivity contribution in [3.05, 3.63) is 0 Å². The van der Waals surface area contributed by atoms with Crippen molar-refractivity contribution >= 4 is 18.3 Å². The lowest BCUT2D eigenvalue weighted by molar-refractivity contribution is -0.133. The second-order valence-electron chi connectivity index (χ2n) is 4.48. The van der Waals surface area contributed by atoms with E-state index in [-0.39, 0.29) is 36.6 Å². The highest BCUT2D eigenvalue weighted by molar-refractivity contribution is 5.85. The van der Waals surface area contributed by atoms with E-state index in [1.807, 2.05) is 0 Å². The van der Waals surface area contributed by atoms with E-state index in [0.717, 1.165) is 32.3 Å². The molecular formula is C11H21ClN2O3. The molecule has 2 aliphatic rings. The lowest BCUT2D eigenvalue weighted by Crippen LogP contribution is -2.45. The van der Waals surface area contributed by atoms with Crippen molar-refractivity contribution in [2.24, 2.45) is 5.73 Å². The molecule has 0 bridgehead atoms. The van der Waals surface area contributed by atoms with E-state index in [1.54, 1.807) is 0 Å². The molecule has 0 aromatic carbocycles. The zero-order valence-corrected chi connectivity index (χ0v) is 10.7. The van der Waals surface area contributed by atoms with Crippen molar-refractivity contribution in [3.8, 4) is 0 Å². The lowest BCUT2D eigenvalue weighted by atomic mass is 10.1. The van der Waals surface area contributed by atoms with Crippen LogP contribution in [0.3, 0.4) is 0 Å². The van der Waals surface area contributed by atoms with Crippen LogP contribution in [0, 0.1) is 0 Å². The van der Waals surface area contributed by atoms with E-state index in [9.17, 15) is 4.79 Å². The van der Waals surface area contributed by atoms with Gasteiger partial charge in [0.2, 0.25) is 5.91 Å². The molecule has 17 heavy (non-hydrogen) atoms. The van der Waals surface area contributed by atoms with Crippen molar-refractivity contribution in [2.45, 2.75) is 43.9 Å². The number of hydrogen-bond acceptors (Lipinski definition) is 4. The van der Waals surface area contributed by atoms with Crippen LogP contribution in [0.15, 0.2) is 0 Å². The number of hydrogen-bond donors (Lipinski definition) is 2. The first-order valence-corrected chi connectivity index (χ1v) is 6.03. The van der Waals surface area contributed by atoms with Gasteiger partial charge in [-0.05, 0) is 25.7 Å². The summed E-state index contributed by atoms with van der Waals surface area (Å²) in [5, 5.41) is 2.98. The van der Waals surface area contributed by atoms with Gasteiger partial charge in [-0.25, -0.2) is 0 Å². The fourth-order valence-electron chi connectivity index (χ4n) is 2.22. The zero-order valence-electron chi connectivity index (χ0n) is 9.89. The predicted octanol–water partition coefficient (Wildman–Crippen LogP) is 0.210. The first-order valence-electron chi connectivity index (χ1n) is 6.03. The molecule has 5 nitrogen and oxygen atoms in total. The van der Waals surface area contributed by atoms with Crippen molar-refractivity contribution in [2.75, 3.05) is 19.8 Å². The molecule has 3 N–H and O–H groups in total. The normalized spacial score (nSPS) is 32.9. The molecule has 0 spiro atoms. The van der Waals surface area contributed by atoms with Crippen molar-refractivity contribution in [3.63, 3.8) is 0 Å². The number of carbonyl (C=O) groups excluding carboxylic acids is 1. The molecule has 6 heteroatoms. The number of nitrogens with one attached hydrogen (secondary N) is 1. The molecule has 0 aromatic rings. The van der Waals surface area contributed by atoms with Gasteiger partial charge in [0.1, 0.15) is 6.10 Å². The maximum Gasteiger partial charge on any atom is 0.249 e. The molecule has 2 aliphatic heterocycles. The largest absolute Gasteiger partial charge is 0.379 e. The van der Waals surface area contributed by atoms with E-state index in [4.69, 9.17) is 15.2 Å². The van der Waals surface area contributed by atoms with Crippen molar-refractivity contribution in [1.82, 2.24) is 5.32 Å². The molecule has 2 fully saturated rings. The topological polar surface area (TPSA) is 73.6 Å². The zero-order chi connectivity index (χ0) is 11.4. The number of nitrogens with two attached hydrogens (primary N) is 1. The summed E-state index contributed by atoms with van der Waals surface area (Å²) in [4.78, 5) is 11.8. The number of rotatable bonds is 3. The molecule has 1 amide bonds. The molecule has 3 atom stereocenters. The Morgan fingerprint density at radius 1 is 1.35 bits per heavy atom. The third-order valence-electron chi connectivity index (χ3n) is 3.17. The summed E-state index contributed by atoms with van der Waals surface area (Å²) in [5.41, 5.74) is 5.50. The van der Waals surface area contributed by atoms with Crippen LogP contribution < -0.4 is 11.1 Å². The lowest BCUT2D eigenvalue weighted by Gasteiger charge is -2.24. The van der Waals surface area contributed by atoms with Gasteiger partial charge in [0, 0.05) is 13.2 Å². The fourth-order valence-corrected chi connectivity index (χ4v) is 2.22. The summed E-state index contributed by atoms with van der Waals surface area (Å²) < 4.78 is 10.8. The van der Waals surface area contributed by atoms with Crippen LogP contribution in [0.2, 0.25) is 0 Å². The number of amides is 1. The van der Waals surface area contributed by atoms with Gasteiger partial charge in [-0.1, -0.05) is 0 Å². The molecule has 0 radical (unpaired) electrons. The Kier molecular flexibility index (Phi) is 6.19. The molecular weight excluding hydrogens is 244 g/mol. The maximum atomic E-state index is 11.8. The average molecular weight is 265 g/mol. The quantitative estimate of drug-likeness (QED) is 0.764. The molecule has 0 aromatic heterocycles. The number of carbonyl (C=O) groups is 1. The third-order valence-corrected chi connectivity index (χ3v) is 3.17. The molecule has 2 heterocycles. The maximum absolute atomic E-state index is 11.8. The van der Waals surface area contributed by atoms with E-state index in [1.165, 1.54) is 0 Å². The molecule has 0 aliphatic carbocycles. The molecule has 100 valence electrons. The van der Waals surface area contributed by atoms with Crippen molar-refractivity contribution < 1.29 is 14.3 Å². The summed E-state index contributed by atoms with van der Waals surface area (Å²) in [6.07, 6.45) is 3.42. The van der Waals surface area contributed by atoms with E-state index >= 15 is 0 Å². The van der Waals surface area contributed by atoms with Crippen LogP contribution in [-0.4, -0.2) is 43.9 Å². The summed E-state index contributed by atoms with van der Waals surface area (Å²) in [6.45, 7) is 1.93. The van der Waals surface area contributed by atoms with Gasteiger partial charge in [-0.3, -0.25) is 4.79 Å². The third kappa shape index (κ3) is 4.10. The monoisotopic (exact) mass is 264 g/mol. The molecule has 2 rings (SSSR count). The standard InChI is InChI=1S/C11H20N2O3.ClH/c12-6-9-3-4-10(16-9)11(14)13-8-2-1-5-15-7-8;/h8-10H,1-7,12H2,(H,13,14);1H/t8?,9-,10+;/m1./s1. The fraction of sp³-hybridized carbons (Fsp3) is 0.909. The van der Waals surface area contributed by atoms with Gasteiger partial charge in [0.25, 0.3) is 0 Å². The highest BCUT2D eigenvalue weighted by atomic mass is 35.5. The number of halogens is 1. The van der Waals surface area contributed by atoms with Gasteiger partial charge >= 0.3 is 0 Å². The van der Waals surface area contributed by atoms with Gasteiger partial charge in [0.15, 0.2) is 0 Å². The predicted molar refractivity (Wildman–Crippen MR) is 66.2 cm³/mol. The van der Waals surface area contributed by atoms with E-state index < -0.39 is 0 Å². The summed E-state index contributed by atoms with van der Waals surface area (Å²) in [6, 6.07) is 0.154. The van der Waals surface area contributed by atoms with Gasteiger partial charge in [-0.15, -0.1) is 12.4 Å². The van der Waals surface area contributed by atoms with Gasteiger partial charge < -0.3 is 20.5 Å². The van der Waals surface area contributed by atoms with Crippen LogP contribution >= 0.6 is 12.4 Å². The minimum Gasteiger partial charge on any atom is -0.379 e. The first-order chi connectivity index (χ1) is 7.79. The Morgan fingerprint density at radius 3 is 2.76 bits per heavy atom.